The van der Waals surface area contributed by atoms with Gasteiger partial charge in [0, 0.05) is 6.42 Å². The lowest BCUT2D eigenvalue weighted by atomic mass is 9.44. The monoisotopic (exact) mass is 486 g/mol. The molecular weight excluding hydrogens is 428 g/mol. The molecule has 0 amide bonds. The van der Waals surface area contributed by atoms with Gasteiger partial charge in [-0.2, -0.15) is 0 Å². The fourth-order valence-corrected chi connectivity index (χ4v) is 10.1. The summed E-state index contributed by atoms with van der Waals surface area (Å²) in [5.41, 5.74) is 1.25. The molecule has 0 saturated heterocycles. The van der Waals surface area contributed by atoms with E-state index in [4.69, 9.17) is 4.74 Å². The van der Waals surface area contributed by atoms with Crippen molar-refractivity contribution < 1.29 is 9.53 Å². The average molecular weight is 487 g/mol. The predicted octanol–water partition coefficient (Wildman–Crippen LogP) is 9.46. The predicted molar refractivity (Wildman–Crippen MR) is 147 cm³/mol. The van der Waals surface area contributed by atoms with Crippen molar-refractivity contribution in [2.45, 2.75) is 138 Å². The van der Waals surface area contributed by atoms with Crippen LogP contribution in [-0.4, -0.2) is 12.6 Å². The van der Waals surface area contributed by atoms with Crippen LogP contribution in [0, 0.1) is 58.2 Å². The Bertz CT molecular complexity index is 701. The van der Waals surface area contributed by atoms with E-state index in [0.29, 0.717) is 35.7 Å². The van der Waals surface area contributed by atoms with Crippen LogP contribution in [0.1, 0.15) is 138 Å². The Balaban J connectivity index is 1.29. The third-order valence-electron chi connectivity index (χ3n) is 12.6. The fourth-order valence-electron chi connectivity index (χ4n) is 10.1. The first-order valence-electron chi connectivity index (χ1n) is 15.9. The highest BCUT2D eigenvalue weighted by Crippen LogP contribution is 2.68. The lowest BCUT2D eigenvalue weighted by Gasteiger charge is -2.61. The van der Waals surface area contributed by atoms with Gasteiger partial charge in [0.1, 0.15) is 0 Å². The SMILES string of the molecule is CCCCC(=O)OCC(C)[C@@H](C)CC[C@@H](C)[C@H]1CC[C@H]2[C@@H]3CCC4CCCC[C@]4(C)[C@H]3CC[C@]12C. The molecular formula is C33H58O2. The molecule has 4 saturated carbocycles. The lowest BCUT2D eigenvalue weighted by Crippen LogP contribution is -2.53. The van der Waals surface area contributed by atoms with Crippen LogP contribution in [-0.2, 0) is 9.53 Å². The molecule has 0 radical (unpaired) electrons. The van der Waals surface area contributed by atoms with E-state index in [1.807, 2.05) is 0 Å². The Morgan fingerprint density at radius 1 is 0.857 bits per heavy atom. The van der Waals surface area contributed by atoms with Gasteiger partial charge in [-0.3, -0.25) is 4.79 Å². The van der Waals surface area contributed by atoms with Gasteiger partial charge in [0.15, 0.2) is 0 Å². The van der Waals surface area contributed by atoms with Crippen molar-refractivity contribution in [2.75, 3.05) is 6.61 Å². The molecule has 4 aliphatic rings. The third kappa shape index (κ3) is 5.52. The van der Waals surface area contributed by atoms with Crippen LogP contribution in [0.2, 0.25) is 0 Å². The summed E-state index contributed by atoms with van der Waals surface area (Å²) in [7, 11) is 0. The second-order valence-corrected chi connectivity index (χ2v) is 14.4. The number of rotatable bonds is 10. The van der Waals surface area contributed by atoms with Gasteiger partial charge in [-0.1, -0.05) is 73.6 Å². The molecule has 2 heteroatoms. The minimum atomic E-state index is -0.00378. The minimum absolute atomic E-state index is 0.00378. The van der Waals surface area contributed by atoms with Gasteiger partial charge in [-0.05, 0) is 116 Å². The maximum Gasteiger partial charge on any atom is 0.305 e. The number of unbranched alkanes of at least 4 members (excludes halogenated alkanes) is 1. The number of carbonyl (C=O) groups excluding carboxylic acids is 1. The van der Waals surface area contributed by atoms with E-state index in [0.717, 1.165) is 48.3 Å². The highest BCUT2D eigenvalue weighted by molar-refractivity contribution is 5.69. The largest absolute Gasteiger partial charge is 0.465 e. The van der Waals surface area contributed by atoms with E-state index in [-0.39, 0.29) is 5.97 Å². The Morgan fingerprint density at radius 2 is 1.63 bits per heavy atom. The van der Waals surface area contributed by atoms with Crippen molar-refractivity contribution in [3.8, 4) is 0 Å². The zero-order chi connectivity index (χ0) is 25.2. The van der Waals surface area contributed by atoms with Gasteiger partial charge in [0.25, 0.3) is 0 Å². The zero-order valence-electron chi connectivity index (χ0n) is 24.2. The van der Waals surface area contributed by atoms with Crippen molar-refractivity contribution in [2.24, 2.45) is 58.2 Å². The number of carbonyl (C=O) groups is 1. The van der Waals surface area contributed by atoms with Crippen LogP contribution in [0.25, 0.3) is 0 Å². The molecule has 2 unspecified atom stereocenters. The zero-order valence-corrected chi connectivity index (χ0v) is 24.2. The Labute approximate surface area is 218 Å². The van der Waals surface area contributed by atoms with Gasteiger partial charge in [0.05, 0.1) is 6.61 Å². The van der Waals surface area contributed by atoms with Crippen molar-refractivity contribution >= 4 is 5.97 Å². The fraction of sp³-hybridized carbons (Fsp3) is 0.970. The Hall–Kier alpha value is -0.530. The number of esters is 1. The highest BCUT2D eigenvalue weighted by Gasteiger charge is 2.60. The molecule has 4 aliphatic carbocycles. The summed E-state index contributed by atoms with van der Waals surface area (Å²) in [6.07, 6.45) is 20.3. The van der Waals surface area contributed by atoms with Gasteiger partial charge in [-0.25, -0.2) is 0 Å². The molecule has 4 rings (SSSR count). The first kappa shape index (κ1) is 27.5. The Morgan fingerprint density at radius 3 is 2.40 bits per heavy atom. The van der Waals surface area contributed by atoms with E-state index >= 15 is 0 Å². The first-order chi connectivity index (χ1) is 16.7. The number of hydrogen-bond acceptors (Lipinski definition) is 2. The van der Waals surface area contributed by atoms with Gasteiger partial charge in [0.2, 0.25) is 0 Å². The molecule has 0 heterocycles. The van der Waals surface area contributed by atoms with E-state index in [9.17, 15) is 4.79 Å². The van der Waals surface area contributed by atoms with Crippen LogP contribution in [0.15, 0.2) is 0 Å². The molecule has 0 bridgehead atoms. The molecule has 35 heavy (non-hydrogen) atoms. The normalized spacial score (nSPS) is 41.3. The summed E-state index contributed by atoms with van der Waals surface area (Å²) in [6.45, 7) is 15.4. The molecule has 0 aromatic carbocycles. The van der Waals surface area contributed by atoms with Crippen molar-refractivity contribution in [1.82, 2.24) is 0 Å². The lowest BCUT2D eigenvalue weighted by molar-refractivity contribution is -0.145. The number of hydrogen-bond donors (Lipinski definition) is 0. The second kappa shape index (κ2) is 11.5. The van der Waals surface area contributed by atoms with Crippen LogP contribution in [0.3, 0.4) is 0 Å². The van der Waals surface area contributed by atoms with Crippen LogP contribution < -0.4 is 0 Å². The first-order valence-corrected chi connectivity index (χ1v) is 15.9. The molecule has 0 aliphatic heterocycles. The second-order valence-electron chi connectivity index (χ2n) is 14.4. The quantitative estimate of drug-likeness (QED) is 0.287. The summed E-state index contributed by atoms with van der Waals surface area (Å²) in [5.74, 6) is 6.89. The summed E-state index contributed by atoms with van der Waals surface area (Å²) in [5, 5.41) is 0. The number of fused-ring (bicyclic) bond motifs is 5. The van der Waals surface area contributed by atoms with Crippen LogP contribution in [0.5, 0.6) is 0 Å². The summed E-state index contributed by atoms with van der Waals surface area (Å²) < 4.78 is 5.58. The molecule has 0 aromatic rings. The minimum Gasteiger partial charge on any atom is -0.465 e. The highest BCUT2D eigenvalue weighted by atomic mass is 16.5. The maximum atomic E-state index is 11.9. The maximum absolute atomic E-state index is 11.9. The molecule has 10 atom stereocenters. The molecule has 2 nitrogen and oxygen atoms in total. The van der Waals surface area contributed by atoms with E-state index < -0.39 is 0 Å². The topological polar surface area (TPSA) is 26.3 Å². The standard InChI is InChI=1S/C33H58O2/c1-7-8-12-31(34)35-22-25(4)23(2)13-14-24(3)28-17-18-29-27-16-15-26-11-9-10-20-32(26,5)30(27)19-21-33(28,29)6/h23-30H,7-22H2,1-6H3/t23-,24+,25?,26?,27-,28+,29-,30-,32-,33+/m0/s1. The summed E-state index contributed by atoms with van der Waals surface area (Å²) in [4.78, 5) is 11.9. The molecule has 4 fully saturated rings. The summed E-state index contributed by atoms with van der Waals surface area (Å²) >= 11 is 0. The smallest absolute Gasteiger partial charge is 0.305 e. The van der Waals surface area contributed by atoms with Crippen molar-refractivity contribution in [1.29, 1.82) is 0 Å². The van der Waals surface area contributed by atoms with E-state index in [1.165, 1.54) is 77.0 Å². The van der Waals surface area contributed by atoms with Crippen molar-refractivity contribution in [3.05, 3.63) is 0 Å². The van der Waals surface area contributed by atoms with Gasteiger partial charge < -0.3 is 4.74 Å². The van der Waals surface area contributed by atoms with E-state index in [1.54, 1.807) is 0 Å². The van der Waals surface area contributed by atoms with Crippen LogP contribution >= 0.6 is 0 Å². The molecule has 0 aromatic heterocycles. The molecule has 0 spiro atoms. The van der Waals surface area contributed by atoms with Crippen molar-refractivity contribution in [3.63, 3.8) is 0 Å². The molecule has 0 N–H and O–H groups in total. The van der Waals surface area contributed by atoms with E-state index in [2.05, 4.69) is 41.5 Å². The van der Waals surface area contributed by atoms with Gasteiger partial charge in [-0.15, -0.1) is 0 Å². The third-order valence-corrected chi connectivity index (χ3v) is 12.6. The number of ether oxygens (including phenoxy) is 1. The summed E-state index contributed by atoms with van der Waals surface area (Å²) in [6, 6.07) is 0. The van der Waals surface area contributed by atoms with Crippen LogP contribution in [0.4, 0.5) is 0 Å². The average Bonchev–Trinajstić information content (AvgIpc) is 3.21. The molecule has 202 valence electrons. The Kier molecular flexibility index (Phi) is 9.01. The van der Waals surface area contributed by atoms with Gasteiger partial charge >= 0.3 is 5.97 Å².